The van der Waals surface area contributed by atoms with Crippen LogP contribution in [0.15, 0.2) is 65.6 Å². The second-order valence-electron chi connectivity index (χ2n) is 6.09. The molecule has 0 fully saturated rings. The van der Waals surface area contributed by atoms with Gasteiger partial charge in [-0.1, -0.05) is 42.5 Å². The van der Waals surface area contributed by atoms with Crippen LogP contribution in [0.4, 0.5) is 0 Å². The molecule has 5 heteroatoms. The molecule has 134 valence electrons. The molecule has 1 aromatic heterocycles. The molecule has 1 N–H and O–H groups in total. The van der Waals surface area contributed by atoms with Crippen LogP contribution in [0.25, 0.3) is 10.8 Å². The number of nitrogens with one attached hydrogen (secondary N) is 1. The first-order valence-corrected chi connectivity index (χ1v) is 8.63. The number of ether oxygens (including phenoxy) is 1. The van der Waals surface area contributed by atoms with Crippen molar-refractivity contribution in [2.45, 2.75) is 13.0 Å². The number of aromatic nitrogens is 1. The molecule has 0 aliphatic carbocycles. The van der Waals surface area contributed by atoms with E-state index in [1.807, 2.05) is 18.2 Å². The fourth-order valence-corrected chi connectivity index (χ4v) is 2.95. The predicted molar refractivity (Wildman–Crippen MR) is 103 cm³/mol. The van der Waals surface area contributed by atoms with Crippen molar-refractivity contribution in [3.63, 3.8) is 0 Å². The molecule has 3 aromatic rings. The van der Waals surface area contributed by atoms with Gasteiger partial charge in [-0.25, -0.2) is 0 Å². The number of carbonyl (C=O) groups is 1. The van der Waals surface area contributed by atoms with Crippen molar-refractivity contribution < 1.29 is 9.53 Å². The maximum atomic E-state index is 12.4. The third-order valence-corrected chi connectivity index (χ3v) is 4.34. The summed E-state index contributed by atoms with van der Waals surface area (Å²) in [7, 11) is 1.58. The summed E-state index contributed by atoms with van der Waals surface area (Å²) < 4.78 is 6.48. The summed E-state index contributed by atoms with van der Waals surface area (Å²) in [4.78, 5) is 24.2. The minimum Gasteiger partial charge on any atom is -0.383 e. The average Bonchev–Trinajstić information content (AvgIpc) is 2.67. The van der Waals surface area contributed by atoms with Gasteiger partial charge in [0.25, 0.3) is 11.5 Å². The van der Waals surface area contributed by atoms with Crippen LogP contribution < -0.4 is 10.9 Å². The van der Waals surface area contributed by atoms with Gasteiger partial charge in [0.15, 0.2) is 0 Å². The molecular formula is C21H22N2O3. The summed E-state index contributed by atoms with van der Waals surface area (Å²) in [5.74, 6) is -0.184. The number of hydrogen-bond acceptors (Lipinski definition) is 3. The van der Waals surface area contributed by atoms with Crippen LogP contribution in [0.3, 0.4) is 0 Å². The average molecular weight is 350 g/mol. The van der Waals surface area contributed by atoms with E-state index in [1.54, 1.807) is 19.4 Å². The van der Waals surface area contributed by atoms with Gasteiger partial charge in [0.05, 0.1) is 12.2 Å². The monoisotopic (exact) mass is 350 g/mol. The van der Waals surface area contributed by atoms with Crippen LogP contribution in [0, 0.1) is 0 Å². The van der Waals surface area contributed by atoms with Gasteiger partial charge >= 0.3 is 0 Å². The number of fused-ring (bicyclic) bond motifs is 1. The van der Waals surface area contributed by atoms with Crippen molar-refractivity contribution in [3.8, 4) is 0 Å². The van der Waals surface area contributed by atoms with E-state index < -0.39 is 0 Å². The summed E-state index contributed by atoms with van der Waals surface area (Å²) >= 11 is 0. The van der Waals surface area contributed by atoms with Crippen molar-refractivity contribution in [2.24, 2.45) is 0 Å². The Kier molecular flexibility index (Phi) is 5.81. The molecule has 2 aromatic carbocycles. The third-order valence-electron chi connectivity index (χ3n) is 4.34. The lowest BCUT2D eigenvalue weighted by atomic mass is 10.0. The first kappa shape index (κ1) is 17.9. The second kappa shape index (κ2) is 8.45. The van der Waals surface area contributed by atoms with E-state index in [2.05, 4.69) is 29.6 Å². The summed E-state index contributed by atoms with van der Waals surface area (Å²) in [6, 6.07) is 17.4. The normalized spacial score (nSPS) is 10.8. The van der Waals surface area contributed by atoms with Gasteiger partial charge in [0.2, 0.25) is 0 Å². The third kappa shape index (κ3) is 4.18. The fourth-order valence-electron chi connectivity index (χ4n) is 2.95. The van der Waals surface area contributed by atoms with Crippen molar-refractivity contribution in [2.75, 3.05) is 20.3 Å². The van der Waals surface area contributed by atoms with Gasteiger partial charge in [-0.15, -0.1) is 0 Å². The summed E-state index contributed by atoms with van der Waals surface area (Å²) in [6.45, 7) is 1.38. The number of hydrogen-bond donors (Lipinski definition) is 1. The smallest absolute Gasteiger partial charge is 0.252 e. The van der Waals surface area contributed by atoms with Crippen LogP contribution in [-0.4, -0.2) is 30.7 Å². The Morgan fingerprint density at radius 3 is 2.73 bits per heavy atom. The van der Waals surface area contributed by atoms with Crippen molar-refractivity contribution in [3.05, 3.63) is 82.3 Å². The Labute approximate surface area is 152 Å². The zero-order chi connectivity index (χ0) is 18.4. The topological polar surface area (TPSA) is 60.3 Å². The number of benzene rings is 2. The molecule has 0 atom stereocenters. The van der Waals surface area contributed by atoms with E-state index in [-0.39, 0.29) is 11.5 Å². The van der Waals surface area contributed by atoms with Gasteiger partial charge in [-0.3, -0.25) is 9.59 Å². The van der Waals surface area contributed by atoms with Gasteiger partial charge < -0.3 is 14.6 Å². The number of nitrogens with zero attached hydrogens (tertiary/aromatic N) is 1. The Hall–Kier alpha value is -2.92. The Bertz CT molecular complexity index is 957. The molecule has 1 heterocycles. The van der Waals surface area contributed by atoms with E-state index in [4.69, 9.17) is 4.74 Å². The SMILES string of the molecule is COCCn1cc(C(=O)NCCc2cccc3ccccc23)ccc1=O. The lowest BCUT2D eigenvalue weighted by Gasteiger charge is -2.10. The summed E-state index contributed by atoms with van der Waals surface area (Å²) in [5, 5.41) is 5.33. The molecule has 0 spiro atoms. The Morgan fingerprint density at radius 1 is 1.08 bits per heavy atom. The van der Waals surface area contributed by atoms with Crippen LogP contribution in [0.5, 0.6) is 0 Å². The number of pyridine rings is 1. The van der Waals surface area contributed by atoms with Crippen molar-refractivity contribution in [1.82, 2.24) is 9.88 Å². The molecule has 0 saturated carbocycles. The Balaban J connectivity index is 1.64. The molecule has 3 rings (SSSR count). The summed E-state index contributed by atoms with van der Waals surface area (Å²) in [6.07, 6.45) is 2.32. The van der Waals surface area contributed by atoms with Crippen molar-refractivity contribution in [1.29, 1.82) is 0 Å². The van der Waals surface area contributed by atoms with Crippen molar-refractivity contribution >= 4 is 16.7 Å². The quantitative estimate of drug-likeness (QED) is 0.713. The molecule has 0 saturated heterocycles. The van der Waals surface area contributed by atoms with Crippen LogP contribution >= 0.6 is 0 Å². The van der Waals surface area contributed by atoms with E-state index in [0.717, 1.165) is 6.42 Å². The largest absolute Gasteiger partial charge is 0.383 e. The molecular weight excluding hydrogens is 328 g/mol. The van der Waals surface area contributed by atoms with E-state index in [0.29, 0.717) is 25.3 Å². The highest BCUT2D eigenvalue weighted by molar-refractivity contribution is 5.93. The second-order valence-corrected chi connectivity index (χ2v) is 6.09. The van der Waals surface area contributed by atoms with E-state index in [1.165, 1.54) is 27.0 Å². The van der Waals surface area contributed by atoms with Gasteiger partial charge in [0, 0.05) is 32.5 Å². The number of amides is 1. The van der Waals surface area contributed by atoms with E-state index in [9.17, 15) is 9.59 Å². The van der Waals surface area contributed by atoms with Gasteiger partial charge in [0.1, 0.15) is 0 Å². The molecule has 0 unspecified atom stereocenters. The van der Waals surface area contributed by atoms with Gasteiger partial charge in [-0.05, 0) is 28.8 Å². The molecule has 26 heavy (non-hydrogen) atoms. The highest BCUT2D eigenvalue weighted by Crippen LogP contribution is 2.18. The molecule has 0 bridgehead atoms. The first-order chi connectivity index (χ1) is 12.7. The highest BCUT2D eigenvalue weighted by atomic mass is 16.5. The zero-order valence-electron chi connectivity index (χ0n) is 14.8. The van der Waals surface area contributed by atoms with Crippen LogP contribution in [0.2, 0.25) is 0 Å². The fraction of sp³-hybridized carbons (Fsp3) is 0.238. The minimum atomic E-state index is -0.184. The zero-order valence-corrected chi connectivity index (χ0v) is 14.8. The molecule has 5 nitrogen and oxygen atoms in total. The maximum absolute atomic E-state index is 12.4. The standard InChI is InChI=1S/C21H22N2O3/c1-26-14-13-23-15-18(9-10-20(23)24)21(25)22-12-11-17-7-4-6-16-5-2-3-8-19(16)17/h2-10,15H,11-14H2,1H3,(H,22,25). The Morgan fingerprint density at radius 2 is 1.88 bits per heavy atom. The minimum absolute atomic E-state index is 0.144. The first-order valence-electron chi connectivity index (χ1n) is 8.63. The molecule has 0 aliphatic rings. The molecule has 1 amide bonds. The highest BCUT2D eigenvalue weighted by Gasteiger charge is 2.08. The number of rotatable bonds is 7. The predicted octanol–water partition coefficient (Wildman–Crippen LogP) is 2.62. The van der Waals surface area contributed by atoms with Gasteiger partial charge in [-0.2, -0.15) is 0 Å². The number of methoxy groups -OCH3 is 1. The van der Waals surface area contributed by atoms with E-state index >= 15 is 0 Å². The molecule has 0 radical (unpaired) electrons. The molecule has 0 aliphatic heterocycles. The maximum Gasteiger partial charge on any atom is 0.252 e. The van der Waals surface area contributed by atoms with Crippen LogP contribution in [0.1, 0.15) is 15.9 Å². The summed E-state index contributed by atoms with van der Waals surface area (Å²) in [5.41, 5.74) is 1.53. The number of carbonyl (C=O) groups excluding carboxylic acids is 1. The van der Waals surface area contributed by atoms with Crippen LogP contribution in [-0.2, 0) is 17.7 Å². The lowest BCUT2D eigenvalue weighted by molar-refractivity contribution is 0.0953. The lowest BCUT2D eigenvalue weighted by Crippen LogP contribution is -2.28.